The van der Waals surface area contributed by atoms with E-state index in [0.717, 1.165) is 29.8 Å². The van der Waals surface area contributed by atoms with Gasteiger partial charge in [-0.1, -0.05) is 15.9 Å². The molecule has 0 spiro atoms. The Morgan fingerprint density at radius 1 is 1.73 bits per heavy atom. The second-order valence-electron chi connectivity index (χ2n) is 4.28. The Hall–Kier alpha value is 0.0700. The smallest absolute Gasteiger partial charge is 0.0896 e. The van der Waals surface area contributed by atoms with Crippen LogP contribution in [0.4, 0.5) is 0 Å². The lowest BCUT2D eigenvalue weighted by Gasteiger charge is -2.29. The maximum atomic E-state index is 5.69. The van der Waals surface area contributed by atoms with E-state index in [4.69, 9.17) is 4.74 Å². The van der Waals surface area contributed by atoms with E-state index in [1.807, 2.05) is 6.20 Å². The standard InChI is InChI=1S/C11H16BrNOS/c1-8-11(7-12,3-4-14-8)5-10-6-13-9(2)15-10/h6,8H,3-5,7H2,1-2H3. The fourth-order valence-corrected chi connectivity index (χ4v) is 3.99. The first-order chi connectivity index (χ1) is 7.16. The minimum atomic E-state index is 0.277. The summed E-state index contributed by atoms with van der Waals surface area (Å²) >= 11 is 5.45. The van der Waals surface area contributed by atoms with E-state index >= 15 is 0 Å². The zero-order valence-corrected chi connectivity index (χ0v) is 11.5. The predicted octanol–water partition coefficient (Wildman–Crippen LogP) is 3.18. The van der Waals surface area contributed by atoms with Crippen LogP contribution in [-0.4, -0.2) is 23.0 Å². The fraction of sp³-hybridized carbons (Fsp3) is 0.727. The molecule has 0 bridgehead atoms. The minimum Gasteiger partial charge on any atom is -0.378 e. The second-order valence-corrected chi connectivity index (χ2v) is 6.16. The average molecular weight is 290 g/mol. The molecule has 1 aromatic heterocycles. The van der Waals surface area contributed by atoms with Crippen LogP contribution < -0.4 is 0 Å². The monoisotopic (exact) mass is 289 g/mol. The van der Waals surface area contributed by atoms with Gasteiger partial charge in [0, 0.05) is 28.4 Å². The quantitative estimate of drug-likeness (QED) is 0.798. The van der Waals surface area contributed by atoms with Gasteiger partial charge in [0.1, 0.15) is 0 Å². The molecule has 1 aromatic rings. The number of aryl methyl sites for hydroxylation is 1. The maximum absolute atomic E-state index is 5.69. The zero-order valence-electron chi connectivity index (χ0n) is 9.12. The van der Waals surface area contributed by atoms with Gasteiger partial charge in [-0.15, -0.1) is 11.3 Å². The summed E-state index contributed by atoms with van der Waals surface area (Å²) in [6, 6.07) is 0. The summed E-state index contributed by atoms with van der Waals surface area (Å²) in [5.74, 6) is 0. The van der Waals surface area contributed by atoms with Gasteiger partial charge in [0.15, 0.2) is 0 Å². The van der Waals surface area contributed by atoms with Crippen LogP contribution >= 0.6 is 27.3 Å². The Labute approximate surface area is 103 Å². The Balaban J connectivity index is 2.14. The SMILES string of the molecule is Cc1ncc(CC2(CBr)CCOC2C)s1. The third-order valence-corrected chi connectivity index (χ3v) is 5.32. The van der Waals surface area contributed by atoms with Crippen LogP contribution in [0, 0.1) is 12.3 Å². The van der Waals surface area contributed by atoms with Crippen molar-refractivity contribution >= 4 is 27.3 Å². The molecule has 0 aromatic carbocycles. The molecule has 2 unspecified atom stereocenters. The van der Waals surface area contributed by atoms with E-state index in [0.29, 0.717) is 6.10 Å². The van der Waals surface area contributed by atoms with Gasteiger partial charge in [-0.3, -0.25) is 0 Å². The molecule has 2 rings (SSSR count). The molecule has 0 saturated carbocycles. The molecule has 0 aliphatic carbocycles. The van der Waals surface area contributed by atoms with Crippen LogP contribution in [-0.2, 0) is 11.2 Å². The highest BCUT2D eigenvalue weighted by Crippen LogP contribution is 2.40. The first-order valence-electron chi connectivity index (χ1n) is 5.25. The summed E-state index contributed by atoms with van der Waals surface area (Å²) in [7, 11) is 0. The third kappa shape index (κ3) is 2.27. The normalized spacial score (nSPS) is 31.0. The van der Waals surface area contributed by atoms with E-state index in [2.05, 4.69) is 34.8 Å². The van der Waals surface area contributed by atoms with E-state index in [1.54, 1.807) is 11.3 Å². The van der Waals surface area contributed by atoms with Crippen LogP contribution in [0.25, 0.3) is 0 Å². The zero-order chi connectivity index (χ0) is 10.9. The Morgan fingerprint density at radius 3 is 3.00 bits per heavy atom. The van der Waals surface area contributed by atoms with Crippen LogP contribution in [0.15, 0.2) is 6.20 Å². The number of aromatic nitrogens is 1. The molecule has 1 saturated heterocycles. The van der Waals surface area contributed by atoms with Gasteiger partial charge in [0.2, 0.25) is 0 Å². The largest absolute Gasteiger partial charge is 0.378 e. The van der Waals surface area contributed by atoms with E-state index in [9.17, 15) is 0 Å². The van der Waals surface area contributed by atoms with Crippen molar-refractivity contribution in [3.8, 4) is 0 Å². The highest BCUT2D eigenvalue weighted by Gasteiger charge is 2.40. The van der Waals surface area contributed by atoms with Crippen molar-refractivity contribution in [3.63, 3.8) is 0 Å². The van der Waals surface area contributed by atoms with Gasteiger partial charge in [-0.2, -0.15) is 0 Å². The van der Waals surface area contributed by atoms with E-state index in [-0.39, 0.29) is 5.41 Å². The highest BCUT2D eigenvalue weighted by molar-refractivity contribution is 9.09. The summed E-state index contributed by atoms with van der Waals surface area (Å²) in [5, 5.41) is 2.17. The number of rotatable bonds is 3. The van der Waals surface area contributed by atoms with Crippen LogP contribution in [0.2, 0.25) is 0 Å². The highest BCUT2D eigenvalue weighted by atomic mass is 79.9. The van der Waals surface area contributed by atoms with Gasteiger partial charge in [0.25, 0.3) is 0 Å². The lowest BCUT2D eigenvalue weighted by atomic mass is 9.80. The number of alkyl halides is 1. The van der Waals surface area contributed by atoms with E-state index < -0.39 is 0 Å². The summed E-state index contributed by atoms with van der Waals surface area (Å²) < 4.78 is 5.69. The van der Waals surface area contributed by atoms with Crippen LogP contribution in [0.3, 0.4) is 0 Å². The summed E-state index contributed by atoms with van der Waals surface area (Å²) in [6.07, 6.45) is 4.59. The fourth-order valence-electron chi connectivity index (χ4n) is 2.11. The molecule has 84 valence electrons. The summed E-state index contributed by atoms with van der Waals surface area (Å²) in [6.45, 7) is 5.14. The molecule has 15 heavy (non-hydrogen) atoms. The molecular formula is C11H16BrNOS. The van der Waals surface area contributed by atoms with Crippen molar-refractivity contribution < 1.29 is 4.74 Å². The van der Waals surface area contributed by atoms with Crippen molar-refractivity contribution in [3.05, 3.63) is 16.1 Å². The lowest BCUT2D eigenvalue weighted by Crippen LogP contribution is -2.32. The second kappa shape index (κ2) is 4.52. The molecule has 1 aliphatic heterocycles. The number of halogens is 1. The number of thiazole rings is 1. The number of nitrogens with zero attached hydrogens (tertiary/aromatic N) is 1. The number of ether oxygens (including phenoxy) is 1. The lowest BCUT2D eigenvalue weighted by molar-refractivity contribution is 0.0749. The van der Waals surface area contributed by atoms with Gasteiger partial charge in [-0.05, 0) is 26.7 Å². The average Bonchev–Trinajstić information content (AvgIpc) is 2.76. The van der Waals surface area contributed by atoms with Crippen molar-refractivity contribution in [1.82, 2.24) is 4.98 Å². The minimum absolute atomic E-state index is 0.277. The third-order valence-electron chi connectivity index (χ3n) is 3.29. The molecular weight excluding hydrogens is 274 g/mol. The summed E-state index contributed by atoms with van der Waals surface area (Å²) in [4.78, 5) is 5.69. The molecule has 2 nitrogen and oxygen atoms in total. The van der Waals surface area contributed by atoms with Gasteiger partial charge < -0.3 is 4.74 Å². The van der Waals surface area contributed by atoms with Gasteiger partial charge >= 0.3 is 0 Å². The molecule has 1 aliphatic rings. The molecule has 1 fully saturated rings. The molecule has 0 radical (unpaired) electrons. The van der Waals surface area contributed by atoms with Crippen LogP contribution in [0.1, 0.15) is 23.2 Å². The number of hydrogen-bond donors (Lipinski definition) is 0. The molecule has 2 atom stereocenters. The maximum Gasteiger partial charge on any atom is 0.0896 e. The van der Waals surface area contributed by atoms with Crippen molar-refractivity contribution in [1.29, 1.82) is 0 Å². The molecule has 2 heterocycles. The molecule has 4 heteroatoms. The Morgan fingerprint density at radius 2 is 2.53 bits per heavy atom. The molecule has 0 N–H and O–H groups in total. The Kier molecular flexibility index (Phi) is 3.48. The van der Waals surface area contributed by atoms with Crippen molar-refractivity contribution in [2.45, 2.75) is 32.8 Å². The predicted molar refractivity (Wildman–Crippen MR) is 66.8 cm³/mol. The van der Waals surface area contributed by atoms with Gasteiger partial charge in [0.05, 0.1) is 11.1 Å². The Bertz CT molecular complexity index is 341. The van der Waals surface area contributed by atoms with Gasteiger partial charge in [-0.25, -0.2) is 4.98 Å². The van der Waals surface area contributed by atoms with Crippen LogP contribution in [0.5, 0.6) is 0 Å². The first kappa shape index (κ1) is 11.6. The first-order valence-corrected chi connectivity index (χ1v) is 7.19. The molecule has 0 amide bonds. The topological polar surface area (TPSA) is 22.1 Å². The number of hydrogen-bond acceptors (Lipinski definition) is 3. The van der Waals surface area contributed by atoms with E-state index in [1.165, 1.54) is 4.88 Å². The summed E-state index contributed by atoms with van der Waals surface area (Å²) in [5.41, 5.74) is 0.277. The van der Waals surface area contributed by atoms with Crippen molar-refractivity contribution in [2.75, 3.05) is 11.9 Å². The van der Waals surface area contributed by atoms with Crippen molar-refractivity contribution in [2.24, 2.45) is 5.41 Å².